The van der Waals surface area contributed by atoms with Crippen molar-refractivity contribution in [3.63, 3.8) is 0 Å². The molecule has 1 aromatic rings. The number of halogens is 3. The van der Waals surface area contributed by atoms with E-state index in [1.165, 1.54) is 6.92 Å². The second kappa shape index (κ2) is 11.7. The minimum Gasteiger partial charge on any atom is -0.480 e. The van der Waals surface area contributed by atoms with E-state index in [1.807, 2.05) is 45.2 Å². The second-order valence-electron chi connectivity index (χ2n) is 6.79. The molecule has 0 fully saturated rings. The molecule has 0 saturated heterocycles. The Morgan fingerprint density at radius 1 is 1.03 bits per heavy atom. The number of hydrogen-bond acceptors (Lipinski definition) is 7. The normalized spacial score (nSPS) is 10.9. The molecular formula is C19H21I3O7. The third-order valence-electron chi connectivity index (χ3n) is 2.98. The Morgan fingerprint density at radius 2 is 1.62 bits per heavy atom. The summed E-state index contributed by atoms with van der Waals surface area (Å²) >= 11 is 6.08. The van der Waals surface area contributed by atoms with E-state index in [0.29, 0.717) is 18.5 Å². The van der Waals surface area contributed by atoms with E-state index in [1.54, 1.807) is 26.8 Å². The van der Waals surface area contributed by atoms with Gasteiger partial charge in [-0.15, -0.1) is 0 Å². The molecule has 29 heavy (non-hydrogen) atoms. The molecule has 7 nitrogen and oxygen atoms in total. The van der Waals surface area contributed by atoms with Crippen LogP contribution in [0.15, 0.2) is 18.2 Å². The number of rotatable bonds is 8. The number of carbonyl (C=O) groups excluding carboxylic acids is 3. The molecule has 0 saturated carbocycles. The second-order valence-corrected chi connectivity index (χ2v) is 10.2. The highest BCUT2D eigenvalue weighted by molar-refractivity contribution is 14.1. The molecular weight excluding hydrogens is 721 g/mol. The molecule has 0 amide bonds. The van der Waals surface area contributed by atoms with Crippen molar-refractivity contribution in [3.05, 3.63) is 34.5 Å². The largest absolute Gasteiger partial charge is 0.480 e. The molecule has 0 bridgehead atoms. The van der Waals surface area contributed by atoms with Gasteiger partial charge in [-0.3, -0.25) is 0 Å². The summed E-state index contributed by atoms with van der Waals surface area (Å²) in [6.45, 7) is 9.86. The van der Waals surface area contributed by atoms with Crippen molar-refractivity contribution in [2.75, 3.05) is 19.8 Å². The summed E-state index contributed by atoms with van der Waals surface area (Å²) in [4.78, 5) is 35.8. The Bertz CT molecular complexity index is 813. The fraction of sp³-hybridized carbons (Fsp3) is 0.421. The maximum atomic E-state index is 12.5. The predicted octanol–water partition coefficient (Wildman–Crippen LogP) is 4.50. The van der Waals surface area contributed by atoms with Crippen molar-refractivity contribution in [2.45, 2.75) is 33.3 Å². The van der Waals surface area contributed by atoms with Gasteiger partial charge in [0.2, 0.25) is 0 Å². The maximum Gasteiger partial charge on any atom is 0.344 e. The first-order valence-electron chi connectivity index (χ1n) is 8.35. The topological polar surface area (TPSA) is 88.1 Å². The third kappa shape index (κ3) is 8.94. The number of esters is 3. The van der Waals surface area contributed by atoms with Gasteiger partial charge in [-0.2, -0.15) is 0 Å². The van der Waals surface area contributed by atoms with Gasteiger partial charge in [0.05, 0.1) is 12.7 Å². The Morgan fingerprint density at radius 3 is 2.17 bits per heavy atom. The summed E-state index contributed by atoms with van der Waals surface area (Å²) in [6, 6.07) is 1.76. The first-order valence-corrected chi connectivity index (χ1v) is 11.6. The summed E-state index contributed by atoms with van der Waals surface area (Å²) < 4.78 is 22.9. The zero-order valence-corrected chi connectivity index (χ0v) is 22.9. The molecule has 160 valence electrons. The van der Waals surface area contributed by atoms with Crippen LogP contribution >= 0.6 is 67.8 Å². The van der Waals surface area contributed by atoms with Gasteiger partial charge in [0.25, 0.3) is 0 Å². The van der Waals surface area contributed by atoms with E-state index in [2.05, 4.69) is 29.2 Å². The van der Waals surface area contributed by atoms with Crippen LogP contribution < -0.4 is 4.74 Å². The van der Waals surface area contributed by atoms with Crippen LogP contribution in [-0.2, 0) is 23.8 Å². The lowest BCUT2D eigenvalue weighted by atomic mass is 10.2. The van der Waals surface area contributed by atoms with Gasteiger partial charge in [-0.25, -0.2) is 14.4 Å². The van der Waals surface area contributed by atoms with E-state index in [0.717, 1.165) is 3.57 Å². The lowest BCUT2D eigenvalue weighted by molar-refractivity contribution is -0.157. The Kier molecular flexibility index (Phi) is 10.6. The Balaban J connectivity index is 2.84. The highest BCUT2D eigenvalue weighted by Gasteiger charge is 2.24. The molecule has 0 aliphatic heterocycles. The zero-order valence-electron chi connectivity index (χ0n) is 16.4. The Hall–Kier alpha value is -0.640. The summed E-state index contributed by atoms with van der Waals surface area (Å²) in [5, 5.41) is 0. The van der Waals surface area contributed by atoms with Gasteiger partial charge in [0, 0.05) is 9.14 Å². The SMILES string of the molecule is C=C(C)C(=O)OCCOC(=O)c1c(I)cc(I)c(OCC(=O)OC(C)(C)C)c1I. The average Bonchev–Trinajstić information content (AvgIpc) is 2.56. The van der Waals surface area contributed by atoms with Crippen LogP contribution in [0.25, 0.3) is 0 Å². The maximum absolute atomic E-state index is 12.5. The Labute approximate surface area is 210 Å². The van der Waals surface area contributed by atoms with Gasteiger partial charge in [-0.1, -0.05) is 6.58 Å². The van der Waals surface area contributed by atoms with Crippen LogP contribution in [0.5, 0.6) is 5.75 Å². The first kappa shape index (κ1) is 26.4. The minimum atomic E-state index is -0.616. The van der Waals surface area contributed by atoms with Crippen LogP contribution in [0.1, 0.15) is 38.1 Å². The molecule has 0 aliphatic rings. The van der Waals surface area contributed by atoms with Crippen molar-refractivity contribution in [1.29, 1.82) is 0 Å². The minimum absolute atomic E-state index is 0.0725. The molecule has 0 unspecified atom stereocenters. The van der Waals surface area contributed by atoms with Gasteiger partial charge in [0.1, 0.15) is 24.6 Å². The van der Waals surface area contributed by atoms with E-state index >= 15 is 0 Å². The molecule has 0 atom stereocenters. The van der Waals surface area contributed by atoms with Crippen LogP contribution in [0.3, 0.4) is 0 Å². The molecule has 0 heterocycles. The van der Waals surface area contributed by atoms with Crippen LogP contribution in [0.2, 0.25) is 0 Å². The quantitative estimate of drug-likeness (QED) is 0.128. The molecule has 0 radical (unpaired) electrons. The molecule has 0 aliphatic carbocycles. The standard InChI is InChI=1S/C19H21I3O7/c1-10(2)17(24)26-6-7-27-18(25)14-11(20)8-12(21)16(15(14)22)28-9-13(23)29-19(3,4)5/h8H,1,6-7,9H2,2-5H3. The van der Waals surface area contributed by atoms with E-state index in [9.17, 15) is 14.4 Å². The fourth-order valence-electron chi connectivity index (χ4n) is 1.86. The molecule has 1 aromatic carbocycles. The third-order valence-corrected chi connectivity index (χ3v) is 5.67. The predicted molar refractivity (Wildman–Crippen MR) is 132 cm³/mol. The van der Waals surface area contributed by atoms with E-state index in [4.69, 9.17) is 18.9 Å². The average molecular weight is 742 g/mol. The van der Waals surface area contributed by atoms with Crippen LogP contribution in [0.4, 0.5) is 0 Å². The lowest BCUT2D eigenvalue weighted by Gasteiger charge is -2.20. The molecule has 0 N–H and O–H groups in total. The molecule has 10 heteroatoms. The van der Waals surface area contributed by atoms with Crippen molar-refractivity contribution in [2.24, 2.45) is 0 Å². The summed E-state index contributed by atoms with van der Waals surface area (Å²) in [5.41, 5.74) is -0.0306. The lowest BCUT2D eigenvalue weighted by Crippen LogP contribution is -2.27. The van der Waals surface area contributed by atoms with Gasteiger partial charge >= 0.3 is 17.9 Å². The molecule has 1 rings (SSSR count). The van der Waals surface area contributed by atoms with Gasteiger partial charge < -0.3 is 18.9 Å². The number of ether oxygens (including phenoxy) is 4. The van der Waals surface area contributed by atoms with E-state index in [-0.39, 0.29) is 25.4 Å². The highest BCUT2D eigenvalue weighted by Crippen LogP contribution is 2.34. The fourth-order valence-corrected chi connectivity index (χ4v) is 5.98. The van der Waals surface area contributed by atoms with Crippen molar-refractivity contribution < 1.29 is 33.3 Å². The van der Waals surface area contributed by atoms with Gasteiger partial charge in [-0.05, 0) is 102 Å². The first-order chi connectivity index (χ1) is 13.3. The zero-order chi connectivity index (χ0) is 22.4. The van der Waals surface area contributed by atoms with Crippen molar-refractivity contribution >= 4 is 85.7 Å². The monoisotopic (exact) mass is 742 g/mol. The highest BCUT2D eigenvalue weighted by atomic mass is 127. The molecule has 0 spiro atoms. The summed E-state index contributed by atoms with van der Waals surface area (Å²) in [6.07, 6.45) is 0. The smallest absolute Gasteiger partial charge is 0.344 e. The van der Waals surface area contributed by atoms with Crippen LogP contribution in [0, 0.1) is 10.7 Å². The summed E-state index contributed by atoms with van der Waals surface area (Å²) in [7, 11) is 0. The van der Waals surface area contributed by atoms with E-state index < -0.39 is 23.5 Å². The number of hydrogen-bond donors (Lipinski definition) is 0. The van der Waals surface area contributed by atoms with Gasteiger partial charge in [0.15, 0.2) is 6.61 Å². The van der Waals surface area contributed by atoms with Crippen molar-refractivity contribution in [3.8, 4) is 5.75 Å². The summed E-state index contributed by atoms with van der Waals surface area (Å²) in [5.74, 6) is -1.23. The van der Waals surface area contributed by atoms with Crippen LogP contribution in [-0.4, -0.2) is 43.3 Å². The van der Waals surface area contributed by atoms with Crippen molar-refractivity contribution in [1.82, 2.24) is 0 Å². The number of benzene rings is 1. The number of carbonyl (C=O) groups is 3. The molecule has 0 aromatic heterocycles.